The molecule has 5 heteroatoms. The number of carbonyl (C=O) groups is 1. The average molecular weight is 286 g/mol. The third kappa shape index (κ3) is 3.59. The van der Waals surface area contributed by atoms with Gasteiger partial charge in [0.05, 0.1) is 11.6 Å². The summed E-state index contributed by atoms with van der Waals surface area (Å²) in [5, 5.41) is 15.7. The van der Waals surface area contributed by atoms with Gasteiger partial charge in [0.15, 0.2) is 6.61 Å². The molecule has 0 aliphatic rings. The molecular formula is C15H14N2O2S. The van der Waals surface area contributed by atoms with Gasteiger partial charge in [-0.25, -0.2) is 0 Å². The molecule has 0 fully saturated rings. The van der Waals surface area contributed by atoms with Crippen molar-refractivity contribution in [1.82, 2.24) is 5.32 Å². The van der Waals surface area contributed by atoms with Crippen molar-refractivity contribution < 1.29 is 9.53 Å². The molecule has 102 valence electrons. The van der Waals surface area contributed by atoms with Gasteiger partial charge in [-0.05, 0) is 41.4 Å². The Bertz CT molecular complexity index is 617. The van der Waals surface area contributed by atoms with E-state index in [0.29, 0.717) is 11.3 Å². The van der Waals surface area contributed by atoms with Crippen LogP contribution in [0.4, 0.5) is 0 Å². The van der Waals surface area contributed by atoms with Crippen molar-refractivity contribution in [2.75, 3.05) is 6.61 Å². The van der Waals surface area contributed by atoms with E-state index in [0.717, 1.165) is 5.56 Å². The van der Waals surface area contributed by atoms with Gasteiger partial charge in [-0.15, -0.1) is 0 Å². The van der Waals surface area contributed by atoms with Gasteiger partial charge in [0, 0.05) is 0 Å². The highest BCUT2D eigenvalue weighted by Crippen LogP contribution is 2.17. The number of ether oxygens (including phenoxy) is 1. The second kappa shape index (κ2) is 6.73. The molecule has 0 saturated carbocycles. The lowest BCUT2D eigenvalue weighted by Gasteiger charge is -2.13. The first-order valence-electron chi connectivity index (χ1n) is 6.14. The summed E-state index contributed by atoms with van der Waals surface area (Å²) in [7, 11) is 0. The second-order valence-corrected chi connectivity index (χ2v) is 5.02. The summed E-state index contributed by atoms with van der Waals surface area (Å²) in [5.41, 5.74) is 1.49. The van der Waals surface area contributed by atoms with E-state index < -0.39 is 0 Å². The summed E-state index contributed by atoms with van der Waals surface area (Å²) in [4.78, 5) is 11.8. The Kier molecular flexibility index (Phi) is 4.75. The van der Waals surface area contributed by atoms with Crippen LogP contribution in [0.25, 0.3) is 0 Å². The lowest BCUT2D eigenvalue weighted by molar-refractivity contribution is -0.123. The Labute approximate surface area is 121 Å². The predicted molar refractivity (Wildman–Crippen MR) is 77.5 cm³/mol. The first-order valence-corrected chi connectivity index (χ1v) is 7.08. The zero-order chi connectivity index (χ0) is 14.4. The second-order valence-electron chi connectivity index (χ2n) is 4.24. The van der Waals surface area contributed by atoms with Crippen LogP contribution >= 0.6 is 11.3 Å². The van der Waals surface area contributed by atoms with Crippen LogP contribution in [0.5, 0.6) is 5.75 Å². The number of para-hydroxylation sites is 1. The Morgan fingerprint density at radius 3 is 2.95 bits per heavy atom. The van der Waals surface area contributed by atoms with Gasteiger partial charge >= 0.3 is 0 Å². The van der Waals surface area contributed by atoms with Gasteiger partial charge in [-0.1, -0.05) is 12.1 Å². The number of nitriles is 1. The van der Waals surface area contributed by atoms with E-state index in [9.17, 15) is 4.79 Å². The predicted octanol–water partition coefficient (Wildman–Crippen LogP) is 2.88. The topological polar surface area (TPSA) is 62.1 Å². The quantitative estimate of drug-likeness (QED) is 0.919. The lowest BCUT2D eigenvalue weighted by Crippen LogP contribution is -2.31. The van der Waals surface area contributed by atoms with Crippen LogP contribution in [0, 0.1) is 11.3 Å². The maximum absolute atomic E-state index is 11.8. The molecule has 0 saturated heterocycles. The summed E-state index contributed by atoms with van der Waals surface area (Å²) in [6, 6.07) is 10.8. The summed E-state index contributed by atoms with van der Waals surface area (Å²) in [6.45, 7) is 1.82. The standard InChI is InChI=1S/C15H14N2O2S/c1-11(13-6-7-20-10-13)17-15(18)9-19-14-5-3-2-4-12(14)8-16/h2-7,10-11H,9H2,1H3,(H,17,18). The molecular weight excluding hydrogens is 272 g/mol. The van der Waals surface area contributed by atoms with Crippen molar-refractivity contribution in [2.45, 2.75) is 13.0 Å². The Morgan fingerprint density at radius 1 is 1.45 bits per heavy atom. The molecule has 2 aromatic rings. The van der Waals surface area contributed by atoms with Gasteiger partial charge in [0.25, 0.3) is 5.91 Å². The van der Waals surface area contributed by atoms with Crippen LogP contribution < -0.4 is 10.1 Å². The molecule has 0 aliphatic carbocycles. The summed E-state index contributed by atoms with van der Waals surface area (Å²) in [6.07, 6.45) is 0. The lowest BCUT2D eigenvalue weighted by atomic mass is 10.2. The van der Waals surface area contributed by atoms with Gasteiger partial charge in [0.2, 0.25) is 0 Å². The van der Waals surface area contributed by atoms with Crippen molar-refractivity contribution in [3.05, 3.63) is 52.2 Å². The first kappa shape index (κ1) is 14.1. The highest BCUT2D eigenvalue weighted by atomic mass is 32.1. The van der Waals surface area contributed by atoms with Crippen molar-refractivity contribution in [3.63, 3.8) is 0 Å². The van der Waals surface area contributed by atoms with E-state index in [1.165, 1.54) is 0 Å². The first-order chi connectivity index (χ1) is 9.70. The molecule has 1 atom stereocenters. The fourth-order valence-corrected chi connectivity index (χ4v) is 2.47. The Hall–Kier alpha value is -2.32. The van der Waals surface area contributed by atoms with Crippen LogP contribution in [0.2, 0.25) is 0 Å². The molecule has 4 nitrogen and oxygen atoms in total. The fraction of sp³-hybridized carbons (Fsp3) is 0.200. The van der Waals surface area contributed by atoms with Crippen LogP contribution in [0.15, 0.2) is 41.1 Å². The minimum atomic E-state index is -0.212. The summed E-state index contributed by atoms with van der Waals surface area (Å²) >= 11 is 1.59. The van der Waals surface area contributed by atoms with E-state index in [1.807, 2.05) is 29.8 Å². The van der Waals surface area contributed by atoms with E-state index in [4.69, 9.17) is 10.00 Å². The average Bonchev–Trinajstić information content (AvgIpc) is 2.99. The molecule has 1 unspecified atom stereocenters. The van der Waals surface area contributed by atoms with Gasteiger partial charge < -0.3 is 10.1 Å². The Morgan fingerprint density at radius 2 is 2.25 bits per heavy atom. The number of carbonyl (C=O) groups excluding carboxylic acids is 1. The van der Waals surface area contributed by atoms with Gasteiger partial charge in [-0.2, -0.15) is 16.6 Å². The van der Waals surface area contributed by atoms with E-state index in [2.05, 4.69) is 5.32 Å². The molecule has 1 aromatic heterocycles. The molecule has 0 radical (unpaired) electrons. The number of hydrogen-bond donors (Lipinski definition) is 1. The van der Waals surface area contributed by atoms with Crippen LogP contribution in [0.1, 0.15) is 24.1 Å². The fourth-order valence-electron chi connectivity index (χ4n) is 1.72. The molecule has 0 bridgehead atoms. The number of thiophene rings is 1. The minimum Gasteiger partial charge on any atom is -0.482 e. The highest BCUT2D eigenvalue weighted by molar-refractivity contribution is 7.07. The largest absolute Gasteiger partial charge is 0.482 e. The number of nitrogens with one attached hydrogen (secondary N) is 1. The van der Waals surface area contributed by atoms with Crippen molar-refractivity contribution >= 4 is 17.2 Å². The monoisotopic (exact) mass is 286 g/mol. The number of amides is 1. The smallest absolute Gasteiger partial charge is 0.258 e. The minimum absolute atomic E-state index is 0.0523. The number of rotatable bonds is 5. The molecule has 1 aromatic carbocycles. The van der Waals surface area contributed by atoms with Crippen molar-refractivity contribution in [2.24, 2.45) is 0 Å². The third-order valence-electron chi connectivity index (χ3n) is 2.79. The molecule has 1 amide bonds. The van der Waals surface area contributed by atoms with Crippen molar-refractivity contribution in [1.29, 1.82) is 5.26 Å². The third-order valence-corrected chi connectivity index (χ3v) is 3.49. The van der Waals surface area contributed by atoms with Gasteiger partial charge in [0.1, 0.15) is 11.8 Å². The molecule has 2 rings (SSSR count). The summed E-state index contributed by atoms with van der Waals surface area (Å²) in [5.74, 6) is 0.213. The molecule has 0 aliphatic heterocycles. The maximum Gasteiger partial charge on any atom is 0.258 e. The maximum atomic E-state index is 11.8. The van der Waals surface area contributed by atoms with E-state index >= 15 is 0 Å². The molecule has 0 spiro atoms. The SMILES string of the molecule is CC(NC(=O)COc1ccccc1C#N)c1ccsc1. The highest BCUT2D eigenvalue weighted by Gasteiger charge is 2.11. The number of benzene rings is 1. The van der Waals surface area contributed by atoms with E-state index in [-0.39, 0.29) is 18.6 Å². The number of nitrogens with zero attached hydrogens (tertiary/aromatic N) is 1. The van der Waals surface area contributed by atoms with Gasteiger partial charge in [-0.3, -0.25) is 4.79 Å². The molecule has 1 N–H and O–H groups in total. The van der Waals surface area contributed by atoms with Crippen LogP contribution in [-0.4, -0.2) is 12.5 Å². The van der Waals surface area contributed by atoms with E-state index in [1.54, 1.807) is 35.6 Å². The Balaban J connectivity index is 1.88. The normalized spacial score (nSPS) is 11.4. The molecule has 1 heterocycles. The van der Waals surface area contributed by atoms with Crippen LogP contribution in [-0.2, 0) is 4.79 Å². The zero-order valence-corrected chi connectivity index (χ0v) is 11.8. The molecule has 20 heavy (non-hydrogen) atoms. The zero-order valence-electron chi connectivity index (χ0n) is 11.0. The van der Waals surface area contributed by atoms with Crippen molar-refractivity contribution in [3.8, 4) is 11.8 Å². The number of hydrogen-bond acceptors (Lipinski definition) is 4. The van der Waals surface area contributed by atoms with Crippen LogP contribution in [0.3, 0.4) is 0 Å². The summed E-state index contributed by atoms with van der Waals surface area (Å²) < 4.78 is 5.38.